The number of nitrogens with zero attached hydrogens (tertiary/aromatic N) is 2. The average Bonchev–Trinajstić information content (AvgIpc) is 2.36. The van der Waals surface area contributed by atoms with Crippen molar-refractivity contribution in [3.8, 4) is 0 Å². The van der Waals surface area contributed by atoms with Crippen molar-refractivity contribution in [3.63, 3.8) is 0 Å². The van der Waals surface area contributed by atoms with E-state index in [1.54, 1.807) is 6.07 Å². The fourth-order valence-corrected chi connectivity index (χ4v) is 2.05. The van der Waals surface area contributed by atoms with Crippen LogP contribution < -0.4 is 0 Å². The fraction of sp³-hybridized carbons (Fsp3) is 0.533. The van der Waals surface area contributed by atoms with E-state index in [1.165, 1.54) is 12.1 Å². The van der Waals surface area contributed by atoms with Crippen LogP contribution in [0.15, 0.2) is 18.2 Å². The molecule has 0 aliphatic carbocycles. The molecule has 0 amide bonds. The normalized spacial score (nSPS) is 11.3. The molecular weight excluding hydrogens is 259 g/mol. The van der Waals surface area contributed by atoms with Crippen molar-refractivity contribution in [2.45, 2.75) is 19.9 Å². The van der Waals surface area contributed by atoms with Gasteiger partial charge in [-0.1, -0.05) is 13.0 Å². The number of aromatic carboxylic acids is 1. The Morgan fingerprint density at radius 2 is 2.00 bits per heavy atom. The Balaban J connectivity index is 2.61. The number of rotatable bonds is 8. The topological polar surface area (TPSA) is 43.8 Å². The second-order valence-electron chi connectivity index (χ2n) is 5.14. The highest BCUT2D eigenvalue weighted by atomic mass is 19.1. The van der Waals surface area contributed by atoms with E-state index in [2.05, 4.69) is 16.7 Å². The lowest BCUT2D eigenvalue weighted by molar-refractivity contribution is 0.0692. The summed E-state index contributed by atoms with van der Waals surface area (Å²) in [6.07, 6.45) is 1.05. The Hall–Kier alpha value is -1.46. The van der Waals surface area contributed by atoms with Crippen LogP contribution in [0, 0.1) is 5.82 Å². The summed E-state index contributed by atoms with van der Waals surface area (Å²) in [4.78, 5) is 15.1. The predicted octanol–water partition coefficient (Wildman–Crippen LogP) is 2.30. The van der Waals surface area contributed by atoms with Crippen LogP contribution in [0.1, 0.15) is 29.3 Å². The Bertz CT molecular complexity index is 449. The zero-order valence-corrected chi connectivity index (χ0v) is 12.4. The van der Waals surface area contributed by atoms with Gasteiger partial charge in [-0.25, -0.2) is 9.18 Å². The maximum absolute atomic E-state index is 13.6. The first-order valence-corrected chi connectivity index (χ1v) is 6.82. The van der Waals surface area contributed by atoms with E-state index in [-0.39, 0.29) is 5.56 Å². The molecule has 0 saturated heterocycles. The Labute approximate surface area is 119 Å². The minimum atomic E-state index is -1.23. The molecule has 0 aliphatic rings. The quantitative estimate of drug-likeness (QED) is 0.794. The highest BCUT2D eigenvalue weighted by Gasteiger charge is 2.11. The van der Waals surface area contributed by atoms with Crippen molar-refractivity contribution in [1.82, 2.24) is 9.80 Å². The van der Waals surface area contributed by atoms with Crippen molar-refractivity contribution in [2.75, 3.05) is 33.7 Å². The van der Waals surface area contributed by atoms with E-state index in [0.717, 1.165) is 31.6 Å². The van der Waals surface area contributed by atoms with E-state index in [1.807, 2.05) is 14.1 Å². The SMILES string of the molecule is CCN(CCCN(C)C)Cc1ccc(C(=O)O)c(F)c1. The Morgan fingerprint density at radius 1 is 1.30 bits per heavy atom. The van der Waals surface area contributed by atoms with Crippen LogP contribution in [0.2, 0.25) is 0 Å². The van der Waals surface area contributed by atoms with Gasteiger partial charge < -0.3 is 10.0 Å². The minimum absolute atomic E-state index is 0.274. The first-order chi connectivity index (χ1) is 9.43. The molecule has 0 radical (unpaired) electrons. The van der Waals surface area contributed by atoms with Crippen LogP contribution in [-0.2, 0) is 6.54 Å². The summed E-state index contributed by atoms with van der Waals surface area (Å²) >= 11 is 0. The van der Waals surface area contributed by atoms with Crippen molar-refractivity contribution >= 4 is 5.97 Å². The van der Waals surface area contributed by atoms with Crippen LogP contribution in [0.4, 0.5) is 4.39 Å². The van der Waals surface area contributed by atoms with Gasteiger partial charge in [0.15, 0.2) is 0 Å². The number of hydrogen-bond donors (Lipinski definition) is 1. The molecule has 0 bridgehead atoms. The van der Waals surface area contributed by atoms with E-state index >= 15 is 0 Å². The number of carboxylic acids is 1. The van der Waals surface area contributed by atoms with Crippen molar-refractivity contribution in [1.29, 1.82) is 0 Å². The van der Waals surface area contributed by atoms with E-state index in [0.29, 0.717) is 6.54 Å². The smallest absolute Gasteiger partial charge is 0.338 e. The van der Waals surface area contributed by atoms with Gasteiger partial charge in [0.2, 0.25) is 0 Å². The first kappa shape index (κ1) is 16.6. The van der Waals surface area contributed by atoms with E-state index in [9.17, 15) is 9.18 Å². The summed E-state index contributed by atoms with van der Waals surface area (Å²) in [5, 5.41) is 8.80. The zero-order valence-electron chi connectivity index (χ0n) is 12.4. The molecule has 1 aromatic rings. The van der Waals surface area contributed by atoms with Crippen LogP contribution in [-0.4, -0.2) is 54.6 Å². The molecule has 0 atom stereocenters. The van der Waals surface area contributed by atoms with Gasteiger partial charge in [-0.05, 0) is 57.8 Å². The van der Waals surface area contributed by atoms with Gasteiger partial charge in [-0.15, -0.1) is 0 Å². The fourth-order valence-electron chi connectivity index (χ4n) is 2.05. The third kappa shape index (κ3) is 5.27. The van der Waals surface area contributed by atoms with Gasteiger partial charge in [-0.3, -0.25) is 4.90 Å². The summed E-state index contributed by atoms with van der Waals surface area (Å²) in [6, 6.07) is 4.33. The van der Waals surface area contributed by atoms with E-state index in [4.69, 9.17) is 5.11 Å². The first-order valence-electron chi connectivity index (χ1n) is 6.82. The lowest BCUT2D eigenvalue weighted by Gasteiger charge is -2.21. The number of hydrogen-bond acceptors (Lipinski definition) is 3. The molecule has 0 spiro atoms. The van der Waals surface area contributed by atoms with Gasteiger partial charge in [0, 0.05) is 6.54 Å². The van der Waals surface area contributed by atoms with Crippen molar-refractivity contribution in [2.24, 2.45) is 0 Å². The van der Waals surface area contributed by atoms with Gasteiger partial charge in [0.1, 0.15) is 5.82 Å². The van der Waals surface area contributed by atoms with Crippen LogP contribution >= 0.6 is 0 Å². The number of carboxylic acid groups (broad SMARTS) is 1. The highest BCUT2D eigenvalue weighted by molar-refractivity contribution is 5.87. The third-order valence-corrected chi connectivity index (χ3v) is 3.20. The number of halogens is 1. The van der Waals surface area contributed by atoms with Crippen LogP contribution in [0.5, 0.6) is 0 Å². The zero-order chi connectivity index (χ0) is 15.1. The van der Waals surface area contributed by atoms with Gasteiger partial charge in [0.25, 0.3) is 0 Å². The average molecular weight is 282 g/mol. The maximum Gasteiger partial charge on any atom is 0.338 e. The Kier molecular flexibility index (Phi) is 6.61. The molecule has 4 nitrogen and oxygen atoms in total. The highest BCUT2D eigenvalue weighted by Crippen LogP contribution is 2.12. The molecule has 112 valence electrons. The second-order valence-corrected chi connectivity index (χ2v) is 5.14. The maximum atomic E-state index is 13.6. The number of benzene rings is 1. The Morgan fingerprint density at radius 3 is 2.50 bits per heavy atom. The summed E-state index contributed by atoms with van der Waals surface area (Å²) < 4.78 is 13.6. The summed E-state index contributed by atoms with van der Waals surface area (Å²) in [5.74, 6) is -1.90. The lowest BCUT2D eigenvalue weighted by Crippen LogP contribution is -2.27. The van der Waals surface area contributed by atoms with Crippen LogP contribution in [0.3, 0.4) is 0 Å². The molecule has 5 heteroatoms. The molecule has 0 aromatic heterocycles. The minimum Gasteiger partial charge on any atom is -0.478 e. The van der Waals surface area contributed by atoms with Crippen LogP contribution in [0.25, 0.3) is 0 Å². The monoisotopic (exact) mass is 282 g/mol. The lowest BCUT2D eigenvalue weighted by atomic mass is 10.1. The summed E-state index contributed by atoms with van der Waals surface area (Å²) in [6.45, 7) is 5.55. The molecule has 0 aliphatic heterocycles. The largest absolute Gasteiger partial charge is 0.478 e. The molecule has 0 unspecified atom stereocenters. The van der Waals surface area contributed by atoms with Gasteiger partial charge >= 0.3 is 5.97 Å². The predicted molar refractivity (Wildman–Crippen MR) is 77.5 cm³/mol. The molecule has 0 saturated carbocycles. The third-order valence-electron chi connectivity index (χ3n) is 3.20. The summed E-state index contributed by atoms with van der Waals surface area (Å²) in [7, 11) is 4.08. The van der Waals surface area contributed by atoms with Gasteiger partial charge in [-0.2, -0.15) is 0 Å². The molecule has 20 heavy (non-hydrogen) atoms. The molecular formula is C15H23FN2O2. The van der Waals surface area contributed by atoms with Crippen molar-refractivity contribution in [3.05, 3.63) is 35.1 Å². The van der Waals surface area contributed by atoms with E-state index < -0.39 is 11.8 Å². The molecule has 0 fully saturated rings. The second kappa shape index (κ2) is 7.97. The van der Waals surface area contributed by atoms with Crippen molar-refractivity contribution < 1.29 is 14.3 Å². The number of carbonyl (C=O) groups is 1. The molecule has 1 aromatic carbocycles. The standard InChI is InChI=1S/C15H23FN2O2/c1-4-18(9-5-8-17(2)3)11-12-6-7-13(15(19)20)14(16)10-12/h6-7,10H,4-5,8-9,11H2,1-3H3,(H,19,20). The molecule has 1 rings (SSSR count). The van der Waals surface area contributed by atoms with Gasteiger partial charge in [0.05, 0.1) is 5.56 Å². The summed E-state index contributed by atoms with van der Waals surface area (Å²) in [5.41, 5.74) is 0.531. The molecule has 0 heterocycles. The molecule has 1 N–H and O–H groups in total.